The highest BCUT2D eigenvalue weighted by Gasteiger charge is 2.23. The van der Waals surface area contributed by atoms with Crippen LogP contribution in [0.3, 0.4) is 0 Å². The van der Waals surface area contributed by atoms with Crippen LogP contribution < -0.4 is 4.90 Å². The molecule has 0 saturated carbocycles. The van der Waals surface area contributed by atoms with Crippen LogP contribution in [0.4, 0.5) is 17.1 Å². The first-order chi connectivity index (χ1) is 33.7. The summed E-state index contributed by atoms with van der Waals surface area (Å²) < 4.78 is 15.4. The molecular formula is C64H40N2O2. The SMILES string of the molecule is c1ccc(-n2c3ccccc3c3c4c(-c5ccc(N(c6ccc(-c7ccc8ccccc8c7)cc6)c6ccc(-c7ccc8c(c7)oc7ccccc78)c7ccccc67)cc5)cccc4oc32)cc1. The zero-order chi connectivity index (χ0) is 44.7. The molecule has 0 saturated heterocycles. The van der Waals surface area contributed by atoms with E-state index >= 15 is 0 Å². The van der Waals surface area contributed by atoms with Crippen molar-refractivity contribution in [3.8, 4) is 39.1 Å². The van der Waals surface area contributed by atoms with Gasteiger partial charge in [0.05, 0.1) is 16.6 Å². The van der Waals surface area contributed by atoms with Crippen molar-refractivity contribution in [2.45, 2.75) is 0 Å². The number of aromatic nitrogens is 1. The number of rotatable bonds is 7. The first kappa shape index (κ1) is 38.2. The van der Waals surface area contributed by atoms with Gasteiger partial charge >= 0.3 is 0 Å². The van der Waals surface area contributed by atoms with E-state index in [4.69, 9.17) is 8.83 Å². The van der Waals surface area contributed by atoms with Gasteiger partial charge in [-0.2, -0.15) is 0 Å². The Morgan fingerprint density at radius 1 is 0.324 bits per heavy atom. The fourth-order valence-electron chi connectivity index (χ4n) is 10.6. The molecule has 0 aliphatic carbocycles. The summed E-state index contributed by atoms with van der Waals surface area (Å²) in [5, 5.41) is 10.5. The number of furan rings is 2. The van der Waals surface area contributed by atoms with E-state index in [9.17, 15) is 0 Å². The molecule has 0 radical (unpaired) electrons. The van der Waals surface area contributed by atoms with Gasteiger partial charge in [0, 0.05) is 44.0 Å². The molecule has 0 N–H and O–H groups in total. The summed E-state index contributed by atoms with van der Waals surface area (Å²) >= 11 is 0. The quantitative estimate of drug-likeness (QED) is 0.160. The molecule has 0 spiro atoms. The zero-order valence-corrected chi connectivity index (χ0v) is 36.8. The van der Waals surface area contributed by atoms with Crippen LogP contribution in [0.1, 0.15) is 0 Å². The van der Waals surface area contributed by atoms with Crippen molar-refractivity contribution in [3.63, 3.8) is 0 Å². The van der Waals surface area contributed by atoms with Crippen molar-refractivity contribution in [2.75, 3.05) is 4.90 Å². The van der Waals surface area contributed by atoms with Crippen LogP contribution in [0, 0.1) is 0 Å². The summed E-state index contributed by atoms with van der Waals surface area (Å²) in [5.41, 5.74) is 15.8. The maximum atomic E-state index is 6.79. The summed E-state index contributed by atoms with van der Waals surface area (Å²) in [6.07, 6.45) is 0. The molecule has 0 bridgehead atoms. The van der Waals surface area contributed by atoms with Crippen molar-refractivity contribution < 1.29 is 8.83 Å². The van der Waals surface area contributed by atoms with E-state index in [0.717, 1.165) is 99.9 Å². The third-order valence-corrected chi connectivity index (χ3v) is 13.8. The Hall–Kier alpha value is -9.12. The van der Waals surface area contributed by atoms with E-state index < -0.39 is 0 Å². The van der Waals surface area contributed by atoms with Crippen molar-refractivity contribution in [1.29, 1.82) is 0 Å². The molecule has 0 fully saturated rings. The average Bonchev–Trinajstić information content (AvgIpc) is 4.08. The van der Waals surface area contributed by atoms with Crippen molar-refractivity contribution in [3.05, 3.63) is 243 Å². The second-order valence-corrected chi connectivity index (χ2v) is 17.6. The topological polar surface area (TPSA) is 34.5 Å². The molecule has 0 aliphatic rings. The lowest BCUT2D eigenvalue weighted by Gasteiger charge is -2.28. The minimum Gasteiger partial charge on any atom is -0.456 e. The minimum atomic E-state index is 0.850. The molecule has 0 amide bonds. The Labute approximate surface area is 391 Å². The van der Waals surface area contributed by atoms with Crippen LogP contribution in [-0.2, 0) is 0 Å². The summed E-state index contributed by atoms with van der Waals surface area (Å²) in [6, 6.07) is 87.0. The maximum Gasteiger partial charge on any atom is 0.213 e. The second-order valence-electron chi connectivity index (χ2n) is 17.6. The molecule has 68 heavy (non-hydrogen) atoms. The predicted octanol–water partition coefficient (Wildman–Crippen LogP) is 18.2. The van der Waals surface area contributed by atoms with E-state index in [1.54, 1.807) is 0 Å². The molecule has 14 rings (SSSR count). The normalized spacial score (nSPS) is 11.8. The molecule has 4 heteroatoms. The summed E-state index contributed by atoms with van der Waals surface area (Å²) in [5.74, 6) is 0. The Balaban J connectivity index is 0.917. The standard InChI is InChI=1S/C64H40N2O2/c1-2-15-47(16-3-1)66-57-22-10-8-20-56(57)63-62-51(21-12-24-60(62)68-64(63)66)43-29-34-49(35-30-43)65(48-32-27-42(28-33-48)45-26-25-41-13-4-5-14-44(41)39-45)58-38-37-50(52-17-6-7-18-53(52)58)46-31-36-55-54-19-9-11-23-59(54)67-61(55)40-46/h1-40H. The molecular weight excluding hydrogens is 829 g/mol. The van der Waals surface area contributed by atoms with Gasteiger partial charge in [-0.25, -0.2) is 0 Å². The molecule has 3 aromatic heterocycles. The molecule has 3 heterocycles. The number of hydrogen-bond donors (Lipinski definition) is 0. The van der Waals surface area contributed by atoms with Crippen LogP contribution in [0.2, 0.25) is 0 Å². The highest BCUT2D eigenvalue weighted by atomic mass is 16.3. The Kier molecular flexibility index (Phi) is 8.55. The minimum absolute atomic E-state index is 0.850. The van der Waals surface area contributed by atoms with Gasteiger partial charge in [0.2, 0.25) is 5.71 Å². The smallest absolute Gasteiger partial charge is 0.213 e. The molecule has 4 nitrogen and oxygen atoms in total. The van der Waals surface area contributed by atoms with Gasteiger partial charge < -0.3 is 13.7 Å². The number of benzene rings is 11. The first-order valence-electron chi connectivity index (χ1n) is 23.2. The first-order valence-corrected chi connectivity index (χ1v) is 23.2. The van der Waals surface area contributed by atoms with Gasteiger partial charge in [-0.3, -0.25) is 4.57 Å². The largest absolute Gasteiger partial charge is 0.456 e. The lowest BCUT2D eigenvalue weighted by molar-refractivity contribution is 0.645. The lowest BCUT2D eigenvalue weighted by Crippen LogP contribution is -2.10. The summed E-state index contributed by atoms with van der Waals surface area (Å²) in [6.45, 7) is 0. The fourth-order valence-corrected chi connectivity index (χ4v) is 10.6. The molecule has 11 aromatic carbocycles. The Morgan fingerprint density at radius 2 is 0.956 bits per heavy atom. The zero-order valence-electron chi connectivity index (χ0n) is 36.8. The van der Waals surface area contributed by atoms with Gasteiger partial charge in [0.15, 0.2) is 0 Å². The summed E-state index contributed by atoms with van der Waals surface area (Å²) in [4.78, 5) is 2.40. The van der Waals surface area contributed by atoms with Crippen LogP contribution in [0.15, 0.2) is 251 Å². The highest BCUT2D eigenvalue weighted by Crippen LogP contribution is 2.46. The molecule has 318 valence electrons. The molecule has 14 aromatic rings. The van der Waals surface area contributed by atoms with Crippen molar-refractivity contribution in [1.82, 2.24) is 4.57 Å². The van der Waals surface area contributed by atoms with Crippen LogP contribution in [-0.4, -0.2) is 4.57 Å². The third kappa shape index (κ3) is 6.01. The summed E-state index contributed by atoms with van der Waals surface area (Å²) in [7, 11) is 0. The number of anilines is 3. The van der Waals surface area contributed by atoms with Crippen LogP contribution >= 0.6 is 0 Å². The number of para-hydroxylation sites is 3. The van der Waals surface area contributed by atoms with Gasteiger partial charge in [-0.15, -0.1) is 0 Å². The van der Waals surface area contributed by atoms with Gasteiger partial charge in [-0.05, 0) is 128 Å². The van der Waals surface area contributed by atoms with Crippen molar-refractivity contribution in [2.24, 2.45) is 0 Å². The molecule has 0 aliphatic heterocycles. The average molecular weight is 869 g/mol. The van der Waals surface area contributed by atoms with E-state index in [1.165, 1.54) is 32.7 Å². The monoisotopic (exact) mass is 868 g/mol. The highest BCUT2D eigenvalue weighted by molar-refractivity contribution is 6.23. The van der Waals surface area contributed by atoms with Crippen molar-refractivity contribution >= 4 is 93.5 Å². The third-order valence-electron chi connectivity index (χ3n) is 13.8. The molecule has 0 atom stereocenters. The fraction of sp³-hybridized carbons (Fsp3) is 0. The van der Waals surface area contributed by atoms with Gasteiger partial charge in [0.25, 0.3) is 0 Å². The number of nitrogens with zero attached hydrogens (tertiary/aromatic N) is 2. The van der Waals surface area contributed by atoms with Gasteiger partial charge in [0.1, 0.15) is 16.7 Å². The predicted molar refractivity (Wildman–Crippen MR) is 284 cm³/mol. The van der Waals surface area contributed by atoms with E-state index in [1.807, 2.05) is 12.1 Å². The second kappa shape index (κ2) is 15.2. The van der Waals surface area contributed by atoms with E-state index in [-0.39, 0.29) is 0 Å². The van der Waals surface area contributed by atoms with Gasteiger partial charge in [-0.1, -0.05) is 164 Å². The lowest BCUT2D eigenvalue weighted by atomic mass is 9.95. The van der Waals surface area contributed by atoms with E-state index in [2.05, 4.69) is 240 Å². The van der Waals surface area contributed by atoms with E-state index in [0.29, 0.717) is 0 Å². The maximum absolute atomic E-state index is 6.79. The van der Waals surface area contributed by atoms with Crippen LogP contribution in [0.5, 0.6) is 0 Å². The Morgan fingerprint density at radius 3 is 1.78 bits per heavy atom. The number of fused-ring (bicyclic) bond motifs is 10. The Bertz CT molecular complexity index is 4250. The number of hydrogen-bond acceptors (Lipinski definition) is 3. The molecule has 0 unspecified atom stereocenters. The van der Waals surface area contributed by atoms with Crippen LogP contribution in [0.25, 0.3) is 116 Å².